The van der Waals surface area contributed by atoms with Crippen LogP contribution >= 0.6 is 15.9 Å². The van der Waals surface area contributed by atoms with E-state index in [0.29, 0.717) is 18.7 Å². The second-order valence-electron chi connectivity index (χ2n) is 6.31. The van der Waals surface area contributed by atoms with Crippen LogP contribution < -0.4 is 10.1 Å². The number of hydrogen-bond donors (Lipinski definition) is 1. The first kappa shape index (κ1) is 21.0. The highest BCUT2D eigenvalue weighted by Crippen LogP contribution is 2.21. The van der Waals surface area contributed by atoms with Crippen LogP contribution in [0.5, 0.6) is 5.75 Å². The topological polar surface area (TPSA) is 58.6 Å². The normalized spacial score (nSPS) is 11.6. The van der Waals surface area contributed by atoms with E-state index in [-0.39, 0.29) is 18.4 Å². The first-order chi connectivity index (χ1) is 12.9. The molecule has 0 aliphatic carbocycles. The number of amides is 2. The Bertz CT molecular complexity index is 780. The lowest BCUT2D eigenvalue weighted by atomic mass is 10.1. The van der Waals surface area contributed by atoms with E-state index in [4.69, 9.17) is 4.74 Å². The molecule has 27 heavy (non-hydrogen) atoms. The molecule has 2 amide bonds. The molecular weight excluding hydrogens is 408 g/mol. The van der Waals surface area contributed by atoms with Crippen LogP contribution in [0.4, 0.5) is 0 Å². The number of nitrogens with zero attached hydrogens (tertiary/aromatic N) is 1. The fourth-order valence-electron chi connectivity index (χ4n) is 2.71. The van der Waals surface area contributed by atoms with Gasteiger partial charge in [0.25, 0.3) is 5.91 Å². The minimum Gasteiger partial charge on any atom is -0.484 e. The Hall–Kier alpha value is -2.34. The predicted molar refractivity (Wildman–Crippen MR) is 110 cm³/mol. The van der Waals surface area contributed by atoms with E-state index in [1.165, 1.54) is 0 Å². The van der Waals surface area contributed by atoms with E-state index < -0.39 is 6.04 Å². The van der Waals surface area contributed by atoms with Gasteiger partial charge in [0.2, 0.25) is 5.91 Å². The SMILES string of the molecule is CNC(=O)[C@H](C)N(CCc1ccccc1)C(=O)COc1ccc(Br)c(C)c1. The van der Waals surface area contributed by atoms with Crippen molar-refractivity contribution in [3.63, 3.8) is 0 Å². The maximum atomic E-state index is 12.8. The summed E-state index contributed by atoms with van der Waals surface area (Å²) in [6.45, 7) is 4.02. The fraction of sp³-hybridized carbons (Fsp3) is 0.333. The van der Waals surface area contributed by atoms with E-state index in [0.717, 1.165) is 15.6 Å². The molecule has 2 rings (SSSR count). The number of halogens is 1. The molecule has 0 saturated heterocycles. The van der Waals surface area contributed by atoms with Gasteiger partial charge in [0.05, 0.1) is 0 Å². The summed E-state index contributed by atoms with van der Waals surface area (Å²) in [5.41, 5.74) is 2.14. The van der Waals surface area contributed by atoms with Crippen molar-refractivity contribution in [3.8, 4) is 5.75 Å². The van der Waals surface area contributed by atoms with Crippen molar-refractivity contribution in [1.29, 1.82) is 0 Å². The minimum absolute atomic E-state index is 0.114. The maximum absolute atomic E-state index is 12.8. The summed E-state index contributed by atoms with van der Waals surface area (Å²) in [6, 6.07) is 14.9. The summed E-state index contributed by atoms with van der Waals surface area (Å²) in [6.07, 6.45) is 0.672. The van der Waals surface area contributed by atoms with Gasteiger partial charge in [0.15, 0.2) is 6.61 Å². The van der Waals surface area contributed by atoms with E-state index in [2.05, 4.69) is 21.2 Å². The molecule has 0 aromatic heterocycles. The maximum Gasteiger partial charge on any atom is 0.261 e. The molecule has 2 aromatic rings. The summed E-state index contributed by atoms with van der Waals surface area (Å²) in [4.78, 5) is 26.4. The van der Waals surface area contributed by atoms with Gasteiger partial charge in [-0.25, -0.2) is 0 Å². The minimum atomic E-state index is -0.568. The molecule has 6 heteroatoms. The molecule has 1 N–H and O–H groups in total. The lowest BCUT2D eigenvalue weighted by Crippen LogP contribution is -2.49. The van der Waals surface area contributed by atoms with E-state index in [1.807, 2.05) is 49.4 Å². The highest BCUT2D eigenvalue weighted by atomic mass is 79.9. The van der Waals surface area contributed by atoms with Gasteiger partial charge < -0.3 is 15.0 Å². The van der Waals surface area contributed by atoms with Crippen LogP contribution in [-0.4, -0.2) is 43.0 Å². The van der Waals surface area contributed by atoms with Crippen molar-refractivity contribution in [1.82, 2.24) is 10.2 Å². The van der Waals surface area contributed by atoms with Crippen molar-refractivity contribution >= 4 is 27.7 Å². The highest BCUT2D eigenvalue weighted by molar-refractivity contribution is 9.10. The molecule has 144 valence electrons. The summed E-state index contributed by atoms with van der Waals surface area (Å²) in [5, 5.41) is 2.61. The van der Waals surface area contributed by atoms with Crippen LogP contribution in [-0.2, 0) is 16.0 Å². The average Bonchev–Trinajstić information content (AvgIpc) is 2.69. The molecule has 0 saturated carbocycles. The molecular formula is C21H25BrN2O3. The van der Waals surface area contributed by atoms with E-state index >= 15 is 0 Å². The smallest absolute Gasteiger partial charge is 0.261 e. The molecule has 1 atom stereocenters. The third kappa shape index (κ3) is 6.10. The van der Waals surface area contributed by atoms with E-state index in [1.54, 1.807) is 24.9 Å². The first-order valence-electron chi connectivity index (χ1n) is 8.86. The van der Waals surface area contributed by atoms with Gasteiger partial charge in [-0.15, -0.1) is 0 Å². The number of carbonyl (C=O) groups excluding carboxylic acids is 2. The van der Waals surface area contributed by atoms with Crippen molar-refractivity contribution in [2.75, 3.05) is 20.2 Å². The Kier molecular flexibility index (Phi) is 7.85. The number of nitrogens with one attached hydrogen (secondary N) is 1. The zero-order valence-corrected chi connectivity index (χ0v) is 17.5. The number of aryl methyl sites for hydroxylation is 1. The molecule has 0 aliphatic heterocycles. The molecule has 5 nitrogen and oxygen atoms in total. The van der Waals surface area contributed by atoms with Crippen LogP contribution in [0.25, 0.3) is 0 Å². The van der Waals surface area contributed by atoms with Gasteiger partial charge in [-0.2, -0.15) is 0 Å². The van der Waals surface area contributed by atoms with Gasteiger partial charge in [-0.1, -0.05) is 46.3 Å². The fourth-order valence-corrected chi connectivity index (χ4v) is 2.96. The summed E-state index contributed by atoms with van der Waals surface area (Å²) in [5.74, 6) is 0.207. The van der Waals surface area contributed by atoms with Crippen molar-refractivity contribution in [3.05, 3.63) is 64.1 Å². The largest absolute Gasteiger partial charge is 0.484 e. The van der Waals surface area contributed by atoms with E-state index in [9.17, 15) is 9.59 Å². The third-order valence-corrected chi connectivity index (χ3v) is 5.28. The quantitative estimate of drug-likeness (QED) is 0.695. The second-order valence-corrected chi connectivity index (χ2v) is 7.17. The van der Waals surface area contributed by atoms with Gasteiger partial charge >= 0.3 is 0 Å². The van der Waals surface area contributed by atoms with Crippen LogP contribution in [0.2, 0.25) is 0 Å². The highest BCUT2D eigenvalue weighted by Gasteiger charge is 2.25. The second kappa shape index (κ2) is 10.1. The number of benzene rings is 2. The van der Waals surface area contributed by atoms with Gasteiger partial charge in [-0.3, -0.25) is 9.59 Å². The molecule has 0 aliphatic rings. The standard InChI is InChI=1S/C21H25BrN2O3/c1-15-13-18(9-10-19(15)22)27-14-20(25)24(16(2)21(26)23-3)12-11-17-7-5-4-6-8-17/h4-10,13,16H,11-12,14H2,1-3H3,(H,23,26)/t16-/m0/s1. The number of carbonyl (C=O) groups is 2. The summed E-state index contributed by atoms with van der Waals surface area (Å²) in [7, 11) is 1.57. The molecule has 0 fully saturated rings. The number of likely N-dealkylation sites (N-methyl/N-ethyl adjacent to an activating group) is 1. The Balaban J connectivity index is 2.04. The van der Waals surface area contributed by atoms with Crippen molar-refractivity contribution < 1.29 is 14.3 Å². The zero-order chi connectivity index (χ0) is 19.8. The molecule has 0 bridgehead atoms. The first-order valence-corrected chi connectivity index (χ1v) is 9.65. The van der Waals surface area contributed by atoms with Crippen LogP contribution in [0, 0.1) is 6.92 Å². The zero-order valence-electron chi connectivity index (χ0n) is 15.9. The Morgan fingerprint density at radius 3 is 2.52 bits per heavy atom. The molecule has 0 radical (unpaired) electrons. The lowest BCUT2D eigenvalue weighted by Gasteiger charge is -2.28. The monoisotopic (exact) mass is 432 g/mol. The van der Waals surface area contributed by atoms with Gasteiger partial charge in [-0.05, 0) is 49.6 Å². The van der Waals surface area contributed by atoms with Gasteiger partial charge in [0.1, 0.15) is 11.8 Å². The molecule has 0 heterocycles. The number of rotatable bonds is 8. The predicted octanol–water partition coefficient (Wildman–Crippen LogP) is 3.34. The Morgan fingerprint density at radius 2 is 1.89 bits per heavy atom. The number of ether oxygens (including phenoxy) is 1. The van der Waals surface area contributed by atoms with Crippen LogP contribution in [0.15, 0.2) is 53.0 Å². The summed E-state index contributed by atoms with van der Waals surface area (Å²) >= 11 is 3.44. The lowest BCUT2D eigenvalue weighted by molar-refractivity contribution is -0.141. The van der Waals surface area contributed by atoms with Crippen LogP contribution in [0.3, 0.4) is 0 Å². The molecule has 2 aromatic carbocycles. The molecule has 0 unspecified atom stereocenters. The van der Waals surface area contributed by atoms with Crippen molar-refractivity contribution in [2.24, 2.45) is 0 Å². The Morgan fingerprint density at radius 1 is 1.19 bits per heavy atom. The van der Waals surface area contributed by atoms with Crippen molar-refractivity contribution in [2.45, 2.75) is 26.3 Å². The van der Waals surface area contributed by atoms with Crippen LogP contribution in [0.1, 0.15) is 18.1 Å². The average molecular weight is 433 g/mol. The Labute approximate surface area is 168 Å². The number of hydrogen-bond acceptors (Lipinski definition) is 3. The summed E-state index contributed by atoms with van der Waals surface area (Å²) < 4.78 is 6.64. The molecule has 0 spiro atoms. The third-order valence-electron chi connectivity index (χ3n) is 4.39. The van der Waals surface area contributed by atoms with Gasteiger partial charge in [0, 0.05) is 18.1 Å².